The van der Waals surface area contributed by atoms with Gasteiger partial charge < -0.3 is 10.0 Å². The third-order valence-electron chi connectivity index (χ3n) is 3.47. The number of benzene rings is 1. The van der Waals surface area contributed by atoms with Crippen molar-refractivity contribution in [3.8, 4) is 0 Å². The number of hydrogen-bond acceptors (Lipinski definition) is 3. The summed E-state index contributed by atoms with van der Waals surface area (Å²) in [4.78, 5) is 13.1. The van der Waals surface area contributed by atoms with E-state index in [1.807, 2.05) is 18.3 Å². The summed E-state index contributed by atoms with van der Waals surface area (Å²) in [6.07, 6.45) is 4.02. The van der Waals surface area contributed by atoms with E-state index in [9.17, 15) is 4.79 Å². The highest BCUT2D eigenvalue weighted by molar-refractivity contribution is 5.87. The third-order valence-corrected chi connectivity index (χ3v) is 3.47. The number of carboxylic acids is 1. The normalized spacial score (nSPS) is 14.2. The largest absolute Gasteiger partial charge is 0.478 e. The average Bonchev–Trinajstić information content (AvgIpc) is 2.89. The molecule has 1 aliphatic heterocycles. The molecule has 0 saturated carbocycles. The number of carboxylic acid groups (broad SMARTS) is 1. The zero-order valence-electron chi connectivity index (χ0n) is 10.5. The summed E-state index contributed by atoms with van der Waals surface area (Å²) in [7, 11) is 0. The van der Waals surface area contributed by atoms with Crippen LogP contribution < -0.4 is 4.90 Å². The van der Waals surface area contributed by atoms with Crippen LogP contribution in [0.1, 0.15) is 28.0 Å². The number of fused-ring (bicyclic) bond motifs is 1. The molecule has 0 aliphatic carbocycles. The van der Waals surface area contributed by atoms with Gasteiger partial charge in [-0.1, -0.05) is 12.1 Å². The quantitative estimate of drug-likeness (QED) is 0.883. The Morgan fingerprint density at radius 2 is 2.16 bits per heavy atom. The molecule has 0 amide bonds. The van der Waals surface area contributed by atoms with Gasteiger partial charge in [-0.3, -0.25) is 5.10 Å². The topological polar surface area (TPSA) is 69.2 Å². The zero-order valence-corrected chi connectivity index (χ0v) is 10.5. The van der Waals surface area contributed by atoms with Crippen molar-refractivity contribution in [1.29, 1.82) is 0 Å². The molecular weight excluding hydrogens is 242 g/mol. The summed E-state index contributed by atoms with van der Waals surface area (Å²) in [5.74, 6) is -0.887. The van der Waals surface area contributed by atoms with E-state index in [4.69, 9.17) is 5.11 Å². The van der Waals surface area contributed by atoms with Crippen molar-refractivity contribution in [2.75, 3.05) is 11.4 Å². The van der Waals surface area contributed by atoms with Gasteiger partial charge in [-0.25, -0.2) is 4.79 Å². The minimum atomic E-state index is -0.887. The number of rotatable bonds is 3. The van der Waals surface area contributed by atoms with Crippen LogP contribution in [0.5, 0.6) is 0 Å². The molecular formula is C14H15N3O2. The predicted molar refractivity (Wildman–Crippen MR) is 71.4 cm³/mol. The van der Waals surface area contributed by atoms with Gasteiger partial charge in [0, 0.05) is 13.1 Å². The van der Waals surface area contributed by atoms with Crippen LogP contribution in [0.15, 0.2) is 30.5 Å². The number of aromatic amines is 1. The van der Waals surface area contributed by atoms with E-state index in [1.54, 1.807) is 12.1 Å². The molecule has 19 heavy (non-hydrogen) atoms. The monoisotopic (exact) mass is 257 g/mol. The first-order valence-electron chi connectivity index (χ1n) is 6.33. The van der Waals surface area contributed by atoms with Crippen LogP contribution in [0.3, 0.4) is 0 Å². The first-order chi connectivity index (χ1) is 9.24. The van der Waals surface area contributed by atoms with Gasteiger partial charge in [0.25, 0.3) is 0 Å². The molecule has 2 N–H and O–H groups in total. The fraction of sp³-hybridized carbons (Fsp3) is 0.286. The van der Waals surface area contributed by atoms with Crippen LogP contribution in [0.25, 0.3) is 0 Å². The van der Waals surface area contributed by atoms with E-state index in [2.05, 4.69) is 15.1 Å². The Morgan fingerprint density at radius 3 is 2.89 bits per heavy atom. The molecule has 0 unspecified atom stereocenters. The molecule has 1 aliphatic rings. The molecule has 0 saturated heterocycles. The maximum atomic E-state index is 10.8. The first-order valence-corrected chi connectivity index (χ1v) is 6.33. The molecule has 5 nitrogen and oxygen atoms in total. The van der Waals surface area contributed by atoms with E-state index in [0.29, 0.717) is 5.56 Å². The van der Waals surface area contributed by atoms with E-state index in [-0.39, 0.29) is 0 Å². The van der Waals surface area contributed by atoms with Crippen molar-refractivity contribution < 1.29 is 9.90 Å². The van der Waals surface area contributed by atoms with Gasteiger partial charge in [-0.05, 0) is 30.5 Å². The second-order valence-electron chi connectivity index (χ2n) is 4.76. The van der Waals surface area contributed by atoms with Gasteiger partial charge in [-0.15, -0.1) is 0 Å². The number of H-pyrrole nitrogens is 1. The molecule has 0 spiro atoms. The average molecular weight is 257 g/mol. The van der Waals surface area contributed by atoms with Crippen molar-refractivity contribution in [1.82, 2.24) is 10.2 Å². The Labute approximate surface area is 110 Å². The molecule has 2 heterocycles. The number of hydrogen-bond donors (Lipinski definition) is 2. The van der Waals surface area contributed by atoms with Crippen molar-refractivity contribution in [3.63, 3.8) is 0 Å². The Kier molecular flexibility index (Phi) is 2.95. The predicted octanol–water partition coefficient (Wildman–Crippen LogP) is 2.06. The fourth-order valence-electron chi connectivity index (χ4n) is 2.47. The molecule has 5 heteroatoms. The lowest BCUT2D eigenvalue weighted by Crippen LogP contribution is -2.28. The van der Waals surface area contributed by atoms with Crippen molar-refractivity contribution in [2.45, 2.75) is 19.4 Å². The maximum Gasteiger partial charge on any atom is 0.335 e. The summed E-state index contributed by atoms with van der Waals surface area (Å²) >= 11 is 0. The van der Waals surface area contributed by atoms with Crippen LogP contribution >= 0.6 is 0 Å². The molecule has 1 aromatic carbocycles. The molecule has 0 bridgehead atoms. The van der Waals surface area contributed by atoms with E-state index in [1.165, 1.54) is 5.69 Å². The minimum absolute atomic E-state index is 0.325. The molecule has 0 atom stereocenters. The Balaban J connectivity index is 1.78. The second-order valence-corrected chi connectivity index (χ2v) is 4.76. The zero-order chi connectivity index (χ0) is 13.2. The van der Waals surface area contributed by atoms with Crippen molar-refractivity contribution in [2.24, 2.45) is 0 Å². The summed E-state index contributed by atoms with van der Waals surface area (Å²) < 4.78 is 0. The van der Waals surface area contributed by atoms with Crippen LogP contribution in [-0.4, -0.2) is 27.8 Å². The molecule has 98 valence electrons. The molecule has 0 radical (unpaired) electrons. The number of nitrogens with zero attached hydrogens (tertiary/aromatic N) is 2. The third kappa shape index (κ3) is 2.31. The van der Waals surface area contributed by atoms with E-state index in [0.717, 1.165) is 37.2 Å². The number of aromatic nitrogens is 2. The SMILES string of the molecule is O=C(O)c1ccc(CN2CCCc3[nH]ncc32)cc1. The molecule has 1 aromatic heterocycles. The minimum Gasteiger partial charge on any atom is -0.478 e. The van der Waals surface area contributed by atoms with Gasteiger partial charge in [0.15, 0.2) is 0 Å². The molecule has 2 aromatic rings. The summed E-state index contributed by atoms with van der Waals surface area (Å²) in [6, 6.07) is 7.05. The lowest BCUT2D eigenvalue weighted by Gasteiger charge is -2.28. The number of anilines is 1. The van der Waals surface area contributed by atoms with Gasteiger partial charge in [0.2, 0.25) is 0 Å². The van der Waals surface area contributed by atoms with Crippen molar-refractivity contribution in [3.05, 3.63) is 47.3 Å². The van der Waals surface area contributed by atoms with E-state index < -0.39 is 5.97 Å². The van der Waals surface area contributed by atoms with Crippen LogP contribution in [0, 0.1) is 0 Å². The Morgan fingerprint density at radius 1 is 1.37 bits per heavy atom. The fourth-order valence-corrected chi connectivity index (χ4v) is 2.47. The molecule has 3 rings (SSSR count). The van der Waals surface area contributed by atoms with Gasteiger partial charge >= 0.3 is 5.97 Å². The first kappa shape index (κ1) is 11.8. The maximum absolute atomic E-state index is 10.8. The number of aryl methyl sites for hydroxylation is 1. The summed E-state index contributed by atoms with van der Waals surface area (Å²) in [5, 5.41) is 16.0. The van der Waals surface area contributed by atoms with E-state index >= 15 is 0 Å². The summed E-state index contributed by atoms with van der Waals surface area (Å²) in [5.41, 5.74) is 3.78. The summed E-state index contributed by atoms with van der Waals surface area (Å²) in [6.45, 7) is 1.79. The van der Waals surface area contributed by atoms with Crippen LogP contribution in [0.2, 0.25) is 0 Å². The molecule has 0 fully saturated rings. The number of aromatic carboxylic acids is 1. The lowest BCUT2D eigenvalue weighted by molar-refractivity contribution is 0.0697. The van der Waals surface area contributed by atoms with Gasteiger partial charge in [-0.2, -0.15) is 5.10 Å². The standard InChI is InChI=1S/C14H15N3O2/c18-14(19)11-5-3-10(4-6-11)9-17-7-1-2-12-13(17)8-15-16-12/h3-6,8H,1-2,7,9H2,(H,15,16)(H,18,19). The van der Waals surface area contributed by atoms with Gasteiger partial charge in [0.05, 0.1) is 23.1 Å². The smallest absolute Gasteiger partial charge is 0.335 e. The number of carbonyl (C=O) groups is 1. The number of nitrogens with one attached hydrogen (secondary N) is 1. The highest BCUT2D eigenvalue weighted by atomic mass is 16.4. The highest BCUT2D eigenvalue weighted by Gasteiger charge is 2.18. The van der Waals surface area contributed by atoms with Crippen molar-refractivity contribution >= 4 is 11.7 Å². The van der Waals surface area contributed by atoms with Crippen LogP contribution in [0.4, 0.5) is 5.69 Å². The Bertz CT molecular complexity index is 589. The Hall–Kier alpha value is -2.30. The lowest BCUT2D eigenvalue weighted by atomic mass is 10.1. The highest BCUT2D eigenvalue weighted by Crippen LogP contribution is 2.26. The van der Waals surface area contributed by atoms with Crippen LogP contribution in [-0.2, 0) is 13.0 Å². The van der Waals surface area contributed by atoms with Gasteiger partial charge in [0.1, 0.15) is 0 Å². The second kappa shape index (κ2) is 4.76.